The highest BCUT2D eigenvalue weighted by atomic mass is 16.3. The van der Waals surface area contributed by atoms with E-state index < -0.39 is 0 Å². The van der Waals surface area contributed by atoms with Crippen molar-refractivity contribution >= 4 is 22.6 Å². The molecule has 3 heterocycles. The molecule has 0 amide bonds. The Morgan fingerprint density at radius 2 is 2.04 bits per heavy atom. The van der Waals surface area contributed by atoms with Crippen LogP contribution in [0.1, 0.15) is 25.6 Å². The van der Waals surface area contributed by atoms with Crippen molar-refractivity contribution in [1.29, 1.82) is 0 Å². The van der Waals surface area contributed by atoms with Gasteiger partial charge in [0.15, 0.2) is 11.5 Å². The standard InChI is InChI=1S/C19H20N6O/c1-12(2)9-18-23-19-15(5-4-6-16(19)26-18)22-17-8-7-14(10-20-17)25-11-21-13(3)24-25/h4-8,10-12H,9H2,1-3H3,(H,20,22). The van der Waals surface area contributed by atoms with Crippen LogP contribution in [0.4, 0.5) is 11.5 Å². The van der Waals surface area contributed by atoms with Crippen LogP contribution >= 0.6 is 0 Å². The SMILES string of the molecule is Cc1ncn(-c2ccc(Nc3cccc4oc(CC(C)C)nc34)nc2)n1. The average Bonchev–Trinajstić information content (AvgIpc) is 3.21. The summed E-state index contributed by atoms with van der Waals surface area (Å²) in [5.74, 6) is 2.71. The Morgan fingerprint density at radius 1 is 1.15 bits per heavy atom. The minimum atomic E-state index is 0.495. The van der Waals surface area contributed by atoms with Gasteiger partial charge in [0.1, 0.15) is 23.5 Å². The Hall–Kier alpha value is -3.22. The summed E-state index contributed by atoms with van der Waals surface area (Å²) < 4.78 is 7.54. The van der Waals surface area contributed by atoms with Crippen LogP contribution in [0, 0.1) is 12.8 Å². The summed E-state index contributed by atoms with van der Waals surface area (Å²) in [6, 6.07) is 9.69. The Kier molecular flexibility index (Phi) is 4.12. The molecule has 0 spiro atoms. The maximum absolute atomic E-state index is 5.85. The lowest BCUT2D eigenvalue weighted by Crippen LogP contribution is -1.99. The number of anilines is 2. The van der Waals surface area contributed by atoms with E-state index in [2.05, 4.69) is 39.2 Å². The molecule has 0 aliphatic rings. The van der Waals surface area contributed by atoms with E-state index in [0.717, 1.165) is 46.4 Å². The highest BCUT2D eigenvalue weighted by Crippen LogP contribution is 2.27. The lowest BCUT2D eigenvalue weighted by Gasteiger charge is -2.06. The number of nitrogens with one attached hydrogen (secondary N) is 1. The van der Waals surface area contributed by atoms with Gasteiger partial charge in [-0.05, 0) is 37.1 Å². The number of hydrogen-bond donors (Lipinski definition) is 1. The number of rotatable bonds is 5. The third-order valence-corrected chi connectivity index (χ3v) is 3.93. The first-order valence-electron chi connectivity index (χ1n) is 8.58. The molecule has 1 aromatic carbocycles. The fourth-order valence-electron chi connectivity index (χ4n) is 2.74. The van der Waals surface area contributed by atoms with Crippen molar-refractivity contribution in [1.82, 2.24) is 24.7 Å². The zero-order chi connectivity index (χ0) is 18.1. The van der Waals surface area contributed by atoms with Crippen molar-refractivity contribution < 1.29 is 4.42 Å². The zero-order valence-electron chi connectivity index (χ0n) is 15.0. The molecule has 0 saturated heterocycles. The molecular weight excluding hydrogens is 328 g/mol. The maximum atomic E-state index is 5.85. The maximum Gasteiger partial charge on any atom is 0.195 e. The van der Waals surface area contributed by atoms with Crippen molar-refractivity contribution in [3.05, 3.63) is 54.6 Å². The lowest BCUT2D eigenvalue weighted by atomic mass is 10.1. The van der Waals surface area contributed by atoms with E-state index >= 15 is 0 Å². The smallest absolute Gasteiger partial charge is 0.195 e. The number of oxazole rings is 1. The van der Waals surface area contributed by atoms with Crippen LogP contribution in [-0.2, 0) is 6.42 Å². The van der Waals surface area contributed by atoms with Gasteiger partial charge < -0.3 is 9.73 Å². The summed E-state index contributed by atoms with van der Waals surface area (Å²) >= 11 is 0. The van der Waals surface area contributed by atoms with Crippen molar-refractivity contribution in [2.75, 3.05) is 5.32 Å². The Morgan fingerprint density at radius 3 is 2.73 bits per heavy atom. The second kappa shape index (κ2) is 6.59. The molecule has 0 atom stereocenters. The minimum Gasteiger partial charge on any atom is -0.441 e. The van der Waals surface area contributed by atoms with E-state index in [-0.39, 0.29) is 0 Å². The van der Waals surface area contributed by atoms with Gasteiger partial charge in [0.2, 0.25) is 0 Å². The van der Waals surface area contributed by atoms with Crippen LogP contribution in [0.5, 0.6) is 0 Å². The molecule has 7 heteroatoms. The van der Waals surface area contributed by atoms with Crippen LogP contribution in [-0.4, -0.2) is 24.7 Å². The van der Waals surface area contributed by atoms with Crippen LogP contribution in [0.25, 0.3) is 16.8 Å². The van der Waals surface area contributed by atoms with Crippen molar-refractivity contribution in [3.8, 4) is 5.69 Å². The second-order valence-corrected chi connectivity index (χ2v) is 6.62. The first-order valence-corrected chi connectivity index (χ1v) is 8.58. The lowest BCUT2D eigenvalue weighted by molar-refractivity contribution is 0.482. The molecule has 0 saturated carbocycles. The fourth-order valence-corrected chi connectivity index (χ4v) is 2.74. The molecule has 26 heavy (non-hydrogen) atoms. The fraction of sp³-hybridized carbons (Fsp3) is 0.263. The van der Waals surface area contributed by atoms with Gasteiger partial charge in [-0.25, -0.2) is 19.6 Å². The summed E-state index contributed by atoms with van der Waals surface area (Å²) in [6.45, 7) is 6.15. The van der Waals surface area contributed by atoms with Gasteiger partial charge >= 0.3 is 0 Å². The van der Waals surface area contributed by atoms with Crippen LogP contribution < -0.4 is 5.32 Å². The molecular formula is C19H20N6O. The van der Waals surface area contributed by atoms with Gasteiger partial charge in [-0.1, -0.05) is 19.9 Å². The molecule has 3 aromatic heterocycles. The molecule has 0 aliphatic heterocycles. The molecule has 4 rings (SSSR count). The molecule has 0 radical (unpaired) electrons. The summed E-state index contributed by atoms with van der Waals surface area (Å²) in [5, 5.41) is 7.60. The van der Waals surface area contributed by atoms with E-state index in [1.807, 2.05) is 37.3 Å². The molecule has 0 bridgehead atoms. The Labute approximate surface area is 151 Å². The number of benzene rings is 1. The van der Waals surface area contributed by atoms with Gasteiger partial charge in [0, 0.05) is 6.42 Å². The van der Waals surface area contributed by atoms with Gasteiger partial charge in [-0.3, -0.25) is 0 Å². The summed E-state index contributed by atoms with van der Waals surface area (Å²) in [4.78, 5) is 13.2. The highest BCUT2D eigenvalue weighted by molar-refractivity contribution is 5.88. The molecule has 1 N–H and O–H groups in total. The second-order valence-electron chi connectivity index (χ2n) is 6.62. The summed E-state index contributed by atoms with van der Waals surface area (Å²) in [5.41, 5.74) is 3.33. The average molecular weight is 348 g/mol. The van der Waals surface area contributed by atoms with E-state index in [4.69, 9.17) is 4.42 Å². The topological polar surface area (TPSA) is 81.7 Å². The quantitative estimate of drug-likeness (QED) is 0.586. The van der Waals surface area contributed by atoms with E-state index in [0.29, 0.717) is 5.92 Å². The van der Waals surface area contributed by atoms with Gasteiger partial charge in [-0.15, -0.1) is 0 Å². The minimum absolute atomic E-state index is 0.495. The van der Waals surface area contributed by atoms with E-state index in [1.54, 1.807) is 17.2 Å². The molecule has 0 fully saturated rings. The number of aromatic nitrogens is 5. The van der Waals surface area contributed by atoms with Crippen molar-refractivity contribution in [2.45, 2.75) is 27.2 Å². The first-order chi connectivity index (χ1) is 12.6. The Bertz CT molecular complexity index is 1030. The molecule has 0 unspecified atom stereocenters. The number of aryl methyl sites for hydroxylation is 1. The predicted octanol–water partition coefficient (Wildman–Crippen LogP) is 4.05. The molecule has 0 aliphatic carbocycles. The number of fused-ring (bicyclic) bond motifs is 1. The first kappa shape index (κ1) is 16.3. The highest BCUT2D eigenvalue weighted by Gasteiger charge is 2.11. The van der Waals surface area contributed by atoms with Crippen molar-refractivity contribution in [2.24, 2.45) is 5.92 Å². The number of para-hydroxylation sites is 1. The number of nitrogens with zero attached hydrogens (tertiary/aromatic N) is 5. The van der Waals surface area contributed by atoms with Crippen molar-refractivity contribution in [3.63, 3.8) is 0 Å². The van der Waals surface area contributed by atoms with E-state index in [9.17, 15) is 0 Å². The summed E-state index contributed by atoms with van der Waals surface area (Å²) in [7, 11) is 0. The van der Waals surface area contributed by atoms with E-state index in [1.165, 1.54) is 0 Å². The van der Waals surface area contributed by atoms with Crippen LogP contribution in [0.2, 0.25) is 0 Å². The zero-order valence-corrected chi connectivity index (χ0v) is 15.0. The largest absolute Gasteiger partial charge is 0.441 e. The monoisotopic (exact) mass is 348 g/mol. The summed E-state index contributed by atoms with van der Waals surface area (Å²) in [6.07, 6.45) is 4.24. The third-order valence-electron chi connectivity index (χ3n) is 3.93. The Balaban J connectivity index is 1.59. The molecule has 132 valence electrons. The predicted molar refractivity (Wildman–Crippen MR) is 99.7 cm³/mol. The number of hydrogen-bond acceptors (Lipinski definition) is 6. The van der Waals surface area contributed by atoms with Gasteiger partial charge in [-0.2, -0.15) is 5.10 Å². The normalized spacial score (nSPS) is 11.4. The van der Waals surface area contributed by atoms with Crippen LogP contribution in [0.15, 0.2) is 47.3 Å². The van der Waals surface area contributed by atoms with Gasteiger partial charge in [0.05, 0.1) is 17.6 Å². The van der Waals surface area contributed by atoms with Crippen LogP contribution in [0.3, 0.4) is 0 Å². The molecule has 4 aromatic rings. The molecule has 7 nitrogen and oxygen atoms in total. The third kappa shape index (κ3) is 3.28. The van der Waals surface area contributed by atoms with Gasteiger partial charge in [0.25, 0.3) is 0 Å². The number of pyridine rings is 1.